The summed E-state index contributed by atoms with van der Waals surface area (Å²) in [6.07, 6.45) is 1.63. The highest BCUT2D eigenvalue weighted by Crippen LogP contribution is 2.50. The molecule has 1 aliphatic heterocycles. The second-order valence-corrected chi connectivity index (χ2v) is 9.43. The van der Waals surface area contributed by atoms with Crippen molar-refractivity contribution in [3.63, 3.8) is 0 Å². The van der Waals surface area contributed by atoms with Gasteiger partial charge in [0, 0.05) is 5.56 Å². The molecule has 0 amide bonds. The molecule has 5 nitrogen and oxygen atoms in total. The molecule has 1 saturated carbocycles. The monoisotopic (exact) mass is 422 g/mol. The molecule has 0 aromatic heterocycles. The minimum absolute atomic E-state index is 0.142. The van der Waals surface area contributed by atoms with Gasteiger partial charge in [0.1, 0.15) is 5.75 Å². The van der Waals surface area contributed by atoms with E-state index >= 15 is 0 Å². The van der Waals surface area contributed by atoms with E-state index in [2.05, 4.69) is 39.8 Å². The second-order valence-electron chi connectivity index (χ2n) is 9.43. The zero-order valence-corrected chi connectivity index (χ0v) is 19.3. The second kappa shape index (κ2) is 7.68. The molecule has 1 heterocycles. The minimum atomic E-state index is -0.511. The largest absolute Gasteiger partial charge is 0.496 e. The van der Waals surface area contributed by atoms with Crippen LogP contribution in [-0.2, 0) is 24.3 Å². The first-order chi connectivity index (χ1) is 14.6. The van der Waals surface area contributed by atoms with Crippen LogP contribution in [0.25, 0.3) is 11.1 Å². The summed E-state index contributed by atoms with van der Waals surface area (Å²) in [6.45, 7) is 10.4. The maximum Gasteiger partial charge on any atom is 0.494 e. The van der Waals surface area contributed by atoms with Gasteiger partial charge in [-0.05, 0) is 70.1 Å². The van der Waals surface area contributed by atoms with Crippen molar-refractivity contribution >= 4 is 18.6 Å². The van der Waals surface area contributed by atoms with Crippen LogP contribution in [0.2, 0.25) is 0 Å². The zero-order valence-electron chi connectivity index (χ0n) is 19.3. The van der Waals surface area contributed by atoms with Gasteiger partial charge in [0.05, 0.1) is 30.3 Å². The summed E-state index contributed by atoms with van der Waals surface area (Å²) in [6, 6.07) is 14.2. The fourth-order valence-corrected chi connectivity index (χ4v) is 4.03. The van der Waals surface area contributed by atoms with Crippen molar-refractivity contribution in [3.05, 3.63) is 48.0 Å². The predicted octanol–water partition coefficient (Wildman–Crippen LogP) is 4.26. The van der Waals surface area contributed by atoms with E-state index in [1.54, 1.807) is 7.11 Å². The molecule has 164 valence electrons. The van der Waals surface area contributed by atoms with Crippen molar-refractivity contribution in [2.24, 2.45) is 0 Å². The summed E-state index contributed by atoms with van der Waals surface area (Å²) >= 11 is 0. The number of carbonyl (C=O) groups excluding carboxylic acids is 1. The molecule has 2 aromatic rings. The van der Waals surface area contributed by atoms with Crippen LogP contribution >= 0.6 is 0 Å². The van der Waals surface area contributed by atoms with E-state index < -0.39 is 5.41 Å². The molecule has 0 atom stereocenters. The quantitative estimate of drug-likeness (QED) is 0.515. The van der Waals surface area contributed by atoms with Gasteiger partial charge in [-0.15, -0.1) is 0 Å². The first-order valence-corrected chi connectivity index (χ1v) is 11.0. The molecular weight excluding hydrogens is 391 g/mol. The van der Waals surface area contributed by atoms with Crippen LogP contribution in [-0.4, -0.2) is 38.0 Å². The van der Waals surface area contributed by atoms with Crippen LogP contribution < -0.4 is 10.2 Å². The number of rotatable bonds is 6. The highest BCUT2D eigenvalue weighted by molar-refractivity contribution is 6.62. The predicted molar refractivity (Wildman–Crippen MR) is 122 cm³/mol. The number of methoxy groups -OCH3 is 1. The molecule has 0 unspecified atom stereocenters. The lowest BCUT2D eigenvalue weighted by atomic mass is 9.78. The summed E-state index contributed by atoms with van der Waals surface area (Å²) in [5.41, 5.74) is 2.71. The molecule has 2 fully saturated rings. The van der Waals surface area contributed by atoms with Crippen LogP contribution in [0.5, 0.6) is 5.75 Å². The van der Waals surface area contributed by atoms with Crippen LogP contribution in [0.3, 0.4) is 0 Å². The highest BCUT2D eigenvalue weighted by atomic mass is 16.7. The number of ether oxygens (including phenoxy) is 2. The van der Waals surface area contributed by atoms with Crippen molar-refractivity contribution < 1.29 is 23.6 Å². The number of esters is 1. The Morgan fingerprint density at radius 3 is 2.13 bits per heavy atom. The van der Waals surface area contributed by atoms with Crippen molar-refractivity contribution in [1.82, 2.24) is 0 Å². The van der Waals surface area contributed by atoms with Gasteiger partial charge in [0.2, 0.25) is 0 Å². The number of hydrogen-bond acceptors (Lipinski definition) is 5. The molecular formula is C25H31BO5. The van der Waals surface area contributed by atoms with Crippen LogP contribution in [0.15, 0.2) is 42.5 Å². The third-order valence-corrected chi connectivity index (χ3v) is 6.92. The maximum atomic E-state index is 12.5. The van der Waals surface area contributed by atoms with E-state index in [4.69, 9.17) is 18.8 Å². The number of benzene rings is 2. The normalized spacial score (nSPS) is 20.4. The van der Waals surface area contributed by atoms with Gasteiger partial charge in [0.15, 0.2) is 0 Å². The fraction of sp³-hybridized carbons (Fsp3) is 0.480. The molecule has 0 spiro atoms. The lowest BCUT2D eigenvalue weighted by Crippen LogP contribution is -2.41. The first kappa shape index (κ1) is 21.9. The summed E-state index contributed by atoms with van der Waals surface area (Å²) in [4.78, 5) is 12.5. The van der Waals surface area contributed by atoms with E-state index in [1.807, 2.05) is 37.3 Å². The van der Waals surface area contributed by atoms with Gasteiger partial charge in [-0.2, -0.15) is 0 Å². The Kier molecular flexibility index (Phi) is 5.43. The van der Waals surface area contributed by atoms with Crippen molar-refractivity contribution in [2.75, 3.05) is 13.7 Å². The standard InChI is InChI=1S/C25H31BO5/c1-7-29-22(27)25(14-15-25)18-10-13-20(21(16-18)28-6)17-8-11-19(12-9-17)26-30-23(2,3)24(4,5)31-26/h8-13,16H,7,14-15H2,1-6H3. The van der Waals surface area contributed by atoms with Crippen molar-refractivity contribution in [2.45, 2.75) is 64.1 Å². The molecule has 4 rings (SSSR count). The zero-order chi connectivity index (χ0) is 22.4. The van der Waals surface area contributed by atoms with Crippen LogP contribution in [0.1, 0.15) is 53.0 Å². The maximum absolute atomic E-state index is 12.5. The van der Waals surface area contributed by atoms with Gasteiger partial charge in [-0.25, -0.2) is 0 Å². The summed E-state index contributed by atoms with van der Waals surface area (Å²) in [5, 5.41) is 0. The Morgan fingerprint density at radius 2 is 1.61 bits per heavy atom. The Labute approximate surface area is 185 Å². The lowest BCUT2D eigenvalue weighted by Gasteiger charge is -2.32. The Balaban J connectivity index is 1.58. The smallest absolute Gasteiger partial charge is 0.494 e. The molecule has 2 aliphatic rings. The molecule has 1 aliphatic carbocycles. The van der Waals surface area contributed by atoms with Crippen LogP contribution in [0.4, 0.5) is 0 Å². The Hall–Kier alpha value is -2.31. The van der Waals surface area contributed by atoms with Gasteiger partial charge >= 0.3 is 13.1 Å². The Bertz CT molecular complexity index is 960. The fourth-order valence-electron chi connectivity index (χ4n) is 4.03. The average Bonchev–Trinajstić information content (AvgIpc) is 3.51. The van der Waals surface area contributed by atoms with Gasteiger partial charge < -0.3 is 18.8 Å². The third kappa shape index (κ3) is 3.76. The van der Waals surface area contributed by atoms with Crippen molar-refractivity contribution in [1.29, 1.82) is 0 Å². The SMILES string of the molecule is CCOC(=O)C1(c2ccc(-c3ccc(B4OC(C)(C)C(C)(C)O4)cc3)c(OC)c2)CC1. The van der Waals surface area contributed by atoms with E-state index in [0.29, 0.717) is 6.61 Å². The summed E-state index contributed by atoms with van der Waals surface area (Å²) < 4.78 is 23.3. The molecule has 6 heteroatoms. The van der Waals surface area contributed by atoms with E-state index in [1.165, 1.54) is 0 Å². The Morgan fingerprint density at radius 1 is 1.00 bits per heavy atom. The minimum Gasteiger partial charge on any atom is -0.496 e. The van der Waals surface area contributed by atoms with Crippen molar-refractivity contribution in [3.8, 4) is 16.9 Å². The molecule has 31 heavy (non-hydrogen) atoms. The van der Waals surface area contributed by atoms with E-state index in [-0.39, 0.29) is 24.3 Å². The van der Waals surface area contributed by atoms with Gasteiger partial charge in [-0.1, -0.05) is 36.4 Å². The molecule has 0 N–H and O–H groups in total. The number of hydrogen-bond donors (Lipinski definition) is 0. The van der Waals surface area contributed by atoms with E-state index in [0.717, 1.165) is 40.7 Å². The molecule has 1 saturated heterocycles. The molecule has 0 bridgehead atoms. The lowest BCUT2D eigenvalue weighted by molar-refractivity contribution is -0.146. The molecule has 0 radical (unpaired) electrons. The van der Waals surface area contributed by atoms with E-state index in [9.17, 15) is 4.79 Å². The summed E-state index contributed by atoms with van der Waals surface area (Å²) in [7, 11) is 1.27. The third-order valence-electron chi connectivity index (χ3n) is 6.92. The van der Waals surface area contributed by atoms with Gasteiger partial charge in [-0.3, -0.25) is 4.79 Å². The topological polar surface area (TPSA) is 54.0 Å². The number of carbonyl (C=O) groups is 1. The first-order valence-electron chi connectivity index (χ1n) is 11.0. The molecule has 2 aromatic carbocycles. The van der Waals surface area contributed by atoms with Crippen LogP contribution in [0, 0.1) is 0 Å². The average molecular weight is 422 g/mol. The van der Waals surface area contributed by atoms with Gasteiger partial charge in [0.25, 0.3) is 0 Å². The highest BCUT2D eigenvalue weighted by Gasteiger charge is 2.53. The summed E-state index contributed by atoms with van der Waals surface area (Å²) in [5.74, 6) is 0.605.